The second-order valence-corrected chi connectivity index (χ2v) is 5.11. The number of hydrogen-bond donors (Lipinski definition) is 1. The van der Waals surface area contributed by atoms with Gasteiger partial charge >= 0.3 is 0 Å². The molecule has 0 spiro atoms. The zero-order valence-electron chi connectivity index (χ0n) is 12.5. The fourth-order valence-corrected chi connectivity index (χ4v) is 2.39. The number of aryl methyl sites for hydroxylation is 2. The van der Waals surface area contributed by atoms with Gasteiger partial charge in [-0.15, -0.1) is 0 Å². The van der Waals surface area contributed by atoms with Crippen LogP contribution in [0.2, 0.25) is 0 Å². The van der Waals surface area contributed by atoms with Crippen LogP contribution in [-0.4, -0.2) is 19.6 Å². The zero-order chi connectivity index (χ0) is 14.8. The predicted octanol–water partition coefficient (Wildman–Crippen LogP) is 2.83. The molecular weight excluding hydrogens is 262 g/mol. The normalized spacial score (nSPS) is 10.8. The Balaban J connectivity index is 1.73. The molecule has 5 nitrogen and oxygen atoms in total. The van der Waals surface area contributed by atoms with Gasteiger partial charge in [0.1, 0.15) is 0 Å². The number of benzene rings is 1. The molecule has 21 heavy (non-hydrogen) atoms. The van der Waals surface area contributed by atoms with Crippen molar-refractivity contribution in [1.82, 2.24) is 19.6 Å². The molecule has 0 bridgehead atoms. The van der Waals surface area contributed by atoms with Crippen molar-refractivity contribution < 1.29 is 0 Å². The van der Waals surface area contributed by atoms with Crippen molar-refractivity contribution in [3.8, 4) is 5.69 Å². The van der Waals surface area contributed by atoms with Gasteiger partial charge in [0.25, 0.3) is 0 Å². The summed E-state index contributed by atoms with van der Waals surface area (Å²) in [4.78, 5) is 0. The van der Waals surface area contributed by atoms with Gasteiger partial charge in [-0.25, -0.2) is 4.68 Å². The molecule has 0 amide bonds. The third-order valence-electron chi connectivity index (χ3n) is 3.62. The van der Waals surface area contributed by atoms with E-state index in [1.54, 1.807) is 0 Å². The minimum Gasteiger partial charge on any atom is -0.376 e. The highest BCUT2D eigenvalue weighted by Crippen LogP contribution is 2.19. The molecule has 0 saturated carbocycles. The van der Waals surface area contributed by atoms with E-state index in [1.165, 1.54) is 0 Å². The van der Waals surface area contributed by atoms with E-state index >= 15 is 0 Å². The minimum absolute atomic E-state index is 0.688. The molecule has 0 aliphatic heterocycles. The molecule has 108 valence electrons. The molecule has 3 aromatic rings. The Kier molecular flexibility index (Phi) is 3.48. The topological polar surface area (TPSA) is 47.7 Å². The molecule has 0 atom stereocenters. The Hall–Kier alpha value is -2.56. The maximum absolute atomic E-state index is 4.59. The first-order valence-electron chi connectivity index (χ1n) is 6.99. The largest absolute Gasteiger partial charge is 0.376 e. The molecule has 5 heteroatoms. The van der Waals surface area contributed by atoms with E-state index in [1.807, 2.05) is 65.9 Å². The number of anilines is 1. The van der Waals surface area contributed by atoms with E-state index < -0.39 is 0 Å². The maximum atomic E-state index is 4.59. The van der Waals surface area contributed by atoms with Gasteiger partial charge in [-0.1, -0.05) is 18.2 Å². The highest BCUT2D eigenvalue weighted by atomic mass is 15.3. The summed E-state index contributed by atoms with van der Waals surface area (Å²) in [5.74, 6) is 0. The van der Waals surface area contributed by atoms with Crippen molar-refractivity contribution >= 4 is 5.69 Å². The lowest BCUT2D eigenvalue weighted by Gasteiger charge is -2.05. The van der Waals surface area contributed by atoms with E-state index in [2.05, 4.69) is 22.4 Å². The van der Waals surface area contributed by atoms with E-state index in [-0.39, 0.29) is 0 Å². The van der Waals surface area contributed by atoms with Gasteiger partial charge in [-0.3, -0.25) is 4.68 Å². The lowest BCUT2D eigenvalue weighted by Crippen LogP contribution is -2.03. The van der Waals surface area contributed by atoms with Crippen LogP contribution in [-0.2, 0) is 13.6 Å². The fourth-order valence-electron chi connectivity index (χ4n) is 2.39. The predicted molar refractivity (Wildman–Crippen MR) is 83.6 cm³/mol. The number of nitrogens with one attached hydrogen (secondary N) is 1. The molecule has 0 unspecified atom stereocenters. The second-order valence-electron chi connectivity index (χ2n) is 5.11. The summed E-state index contributed by atoms with van der Waals surface area (Å²) in [6.45, 7) is 4.76. The minimum atomic E-state index is 0.688. The van der Waals surface area contributed by atoms with Crippen LogP contribution in [0.4, 0.5) is 5.69 Å². The monoisotopic (exact) mass is 281 g/mol. The molecule has 0 fully saturated rings. The Morgan fingerprint density at radius 3 is 2.48 bits per heavy atom. The van der Waals surface area contributed by atoms with Crippen LogP contribution in [0.25, 0.3) is 5.69 Å². The van der Waals surface area contributed by atoms with E-state index in [0.717, 1.165) is 28.5 Å². The van der Waals surface area contributed by atoms with Gasteiger partial charge in [0.2, 0.25) is 0 Å². The zero-order valence-corrected chi connectivity index (χ0v) is 12.5. The van der Waals surface area contributed by atoms with Gasteiger partial charge in [0.05, 0.1) is 35.0 Å². The summed E-state index contributed by atoms with van der Waals surface area (Å²) in [5.41, 5.74) is 5.30. The molecule has 1 N–H and O–H groups in total. The molecular formula is C16H19N5. The van der Waals surface area contributed by atoms with Crippen molar-refractivity contribution in [2.45, 2.75) is 20.4 Å². The maximum Gasteiger partial charge on any atom is 0.0827 e. The lowest BCUT2D eigenvalue weighted by atomic mass is 10.3. The molecule has 1 aromatic carbocycles. The number of para-hydroxylation sites is 1. The fraction of sp³-hybridized carbons (Fsp3) is 0.250. The summed E-state index contributed by atoms with van der Waals surface area (Å²) in [6, 6.07) is 12.1. The molecule has 0 aliphatic carbocycles. The summed E-state index contributed by atoms with van der Waals surface area (Å²) in [7, 11) is 1.96. The van der Waals surface area contributed by atoms with Gasteiger partial charge in [-0.2, -0.15) is 10.2 Å². The lowest BCUT2D eigenvalue weighted by molar-refractivity contribution is 0.731. The van der Waals surface area contributed by atoms with Crippen LogP contribution in [0.3, 0.4) is 0 Å². The average Bonchev–Trinajstić information content (AvgIpc) is 3.05. The van der Waals surface area contributed by atoms with Crippen LogP contribution in [0.5, 0.6) is 0 Å². The molecule has 2 aromatic heterocycles. The van der Waals surface area contributed by atoms with Gasteiger partial charge < -0.3 is 5.32 Å². The first-order valence-corrected chi connectivity index (χ1v) is 6.99. The van der Waals surface area contributed by atoms with Crippen LogP contribution in [0.1, 0.15) is 17.1 Å². The smallest absolute Gasteiger partial charge is 0.0827 e. The summed E-state index contributed by atoms with van der Waals surface area (Å²) in [6.07, 6.45) is 1.98. The van der Waals surface area contributed by atoms with Crippen LogP contribution in [0.15, 0.2) is 42.6 Å². The van der Waals surface area contributed by atoms with Crippen LogP contribution < -0.4 is 5.32 Å². The number of rotatable bonds is 4. The molecule has 0 saturated heterocycles. The van der Waals surface area contributed by atoms with Crippen molar-refractivity contribution in [1.29, 1.82) is 0 Å². The van der Waals surface area contributed by atoms with E-state index in [4.69, 9.17) is 0 Å². The third-order valence-corrected chi connectivity index (χ3v) is 3.62. The van der Waals surface area contributed by atoms with Gasteiger partial charge in [0.15, 0.2) is 0 Å². The summed E-state index contributed by atoms with van der Waals surface area (Å²) >= 11 is 0. The Labute approximate surface area is 124 Å². The highest BCUT2D eigenvalue weighted by molar-refractivity contribution is 5.52. The quantitative estimate of drug-likeness (QED) is 0.800. The first-order chi connectivity index (χ1) is 10.1. The summed E-state index contributed by atoms with van der Waals surface area (Å²) < 4.78 is 3.78. The van der Waals surface area contributed by atoms with Crippen LogP contribution >= 0.6 is 0 Å². The van der Waals surface area contributed by atoms with Crippen LogP contribution in [0, 0.1) is 13.8 Å². The third kappa shape index (κ3) is 2.67. The summed E-state index contributed by atoms with van der Waals surface area (Å²) in [5, 5.41) is 12.4. The van der Waals surface area contributed by atoms with Gasteiger partial charge in [-0.05, 0) is 32.0 Å². The Bertz CT molecular complexity index is 739. The van der Waals surface area contributed by atoms with Crippen molar-refractivity contribution in [3.05, 3.63) is 59.7 Å². The number of nitrogens with zero attached hydrogens (tertiary/aromatic N) is 4. The number of aromatic nitrogens is 4. The first kappa shape index (κ1) is 13.4. The number of hydrogen-bond acceptors (Lipinski definition) is 3. The van der Waals surface area contributed by atoms with Crippen molar-refractivity contribution in [2.75, 3.05) is 5.32 Å². The molecule has 0 radical (unpaired) electrons. The molecule has 3 rings (SSSR count). The van der Waals surface area contributed by atoms with Gasteiger partial charge in [0, 0.05) is 13.2 Å². The van der Waals surface area contributed by atoms with E-state index in [0.29, 0.717) is 6.54 Å². The highest BCUT2D eigenvalue weighted by Gasteiger charge is 2.09. The molecule has 0 aliphatic rings. The van der Waals surface area contributed by atoms with Crippen molar-refractivity contribution in [3.63, 3.8) is 0 Å². The Morgan fingerprint density at radius 2 is 1.81 bits per heavy atom. The van der Waals surface area contributed by atoms with E-state index in [9.17, 15) is 0 Å². The SMILES string of the molecule is Cc1nn(C)c(C)c1NCc1ccn(-c2ccccc2)n1. The van der Waals surface area contributed by atoms with Crippen molar-refractivity contribution in [2.24, 2.45) is 7.05 Å². The Morgan fingerprint density at radius 1 is 1.05 bits per heavy atom. The average molecular weight is 281 g/mol. The standard InChI is InChI=1S/C16H19N5/c1-12-16(13(2)20(3)18-12)17-11-14-9-10-21(19-14)15-7-5-4-6-8-15/h4-10,17H,11H2,1-3H3. The molecule has 2 heterocycles. The second kappa shape index (κ2) is 5.44.